The molecular formula is C46H81NO7P+. The number of phosphoric acid groups is 1. The van der Waals surface area contributed by atoms with Gasteiger partial charge in [-0.3, -0.25) is 13.8 Å². The Hall–Kier alpha value is -2.32. The van der Waals surface area contributed by atoms with Gasteiger partial charge in [0.05, 0.1) is 34.4 Å². The fraction of sp³-hybridized carbons (Fsp3) is 0.674. The number of nitrogens with zero attached hydrogens (tertiary/aromatic N) is 1. The highest BCUT2D eigenvalue weighted by molar-refractivity contribution is 7.47. The first kappa shape index (κ1) is 52.7. The largest absolute Gasteiger partial charge is 0.472 e. The Kier molecular flexibility index (Phi) is 36.9. The summed E-state index contributed by atoms with van der Waals surface area (Å²) in [5.74, 6) is -0.346. The Morgan fingerprint density at radius 2 is 1.00 bits per heavy atom. The monoisotopic (exact) mass is 791 g/mol. The van der Waals surface area contributed by atoms with E-state index in [1.165, 1.54) is 19.3 Å². The summed E-state index contributed by atoms with van der Waals surface area (Å²) < 4.78 is 34.9. The zero-order valence-electron chi connectivity index (χ0n) is 35.6. The minimum absolute atomic E-state index is 0.0756. The quantitative estimate of drug-likeness (QED) is 0.0219. The lowest BCUT2D eigenvalue weighted by molar-refractivity contribution is -0.870. The van der Waals surface area contributed by atoms with E-state index in [1.807, 2.05) is 21.1 Å². The minimum Gasteiger partial charge on any atom is -0.457 e. The van der Waals surface area contributed by atoms with Crippen molar-refractivity contribution in [2.75, 3.05) is 54.1 Å². The van der Waals surface area contributed by atoms with E-state index in [9.17, 15) is 14.3 Å². The molecule has 2 atom stereocenters. The average molecular weight is 791 g/mol. The molecule has 0 aromatic heterocycles. The molecule has 0 spiro atoms. The van der Waals surface area contributed by atoms with Crippen molar-refractivity contribution in [1.29, 1.82) is 0 Å². The Labute approximate surface area is 337 Å². The van der Waals surface area contributed by atoms with Crippen LogP contribution in [-0.2, 0) is 27.9 Å². The van der Waals surface area contributed by atoms with Crippen LogP contribution in [0.3, 0.4) is 0 Å². The van der Waals surface area contributed by atoms with Gasteiger partial charge >= 0.3 is 13.8 Å². The number of esters is 1. The van der Waals surface area contributed by atoms with E-state index in [4.69, 9.17) is 18.5 Å². The molecule has 2 unspecified atom stereocenters. The van der Waals surface area contributed by atoms with E-state index in [0.717, 1.165) is 103 Å². The Morgan fingerprint density at radius 1 is 0.564 bits per heavy atom. The molecular weight excluding hydrogens is 709 g/mol. The number of hydrogen-bond acceptors (Lipinski definition) is 6. The number of unbranched alkanes of at least 4 members (excludes halogenated alkanes) is 10. The summed E-state index contributed by atoms with van der Waals surface area (Å²) in [5.41, 5.74) is 0. The summed E-state index contributed by atoms with van der Waals surface area (Å²) in [7, 11) is 1.62. The second-order valence-electron chi connectivity index (χ2n) is 15.0. The van der Waals surface area contributed by atoms with Crippen LogP contribution >= 0.6 is 7.82 Å². The van der Waals surface area contributed by atoms with Crippen molar-refractivity contribution in [1.82, 2.24) is 0 Å². The van der Waals surface area contributed by atoms with E-state index in [0.29, 0.717) is 24.1 Å². The fourth-order valence-electron chi connectivity index (χ4n) is 5.20. The molecule has 0 fully saturated rings. The zero-order valence-corrected chi connectivity index (χ0v) is 36.5. The molecule has 0 bridgehead atoms. The maximum Gasteiger partial charge on any atom is 0.472 e. The average Bonchev–Trinajstić information content (AvgIpc) is 3.13. The van der Waals surface area contributed by atoms with Crippen molar-refractivity contribution in [2.24, 2.45) is 0 Å². The van der Waals surface area contributed by atoms with Crippen molar-refractivity contribution >= 4 is 13.8 Å². The SMILES string of the molecule is CC/C=C\C/C=C\C/C=C\C/C=C\CCCCCCC(=O)OC(COCCCCCCCC/C=C\C/C=C\C/C=C\CC)COP(=O)(O)OCC[N+](C)(C)C. The topological polar surface area (TPSA) is 91.3 Å². The van der Waals surface area contributed by atoms with Crippen LogP contribution in [0.1, 0.15) is 142 Å². The zero-order chi connectivity index (χ0) is 40.6. The van der Waals surface area contributed by atoms with Crippen molar-refractivity contribution in [3.05, 3.63) is 85.1 Å². The highest BCUT2D eigenvalue weighted by Crippen LogP contribution is 2.43. The molecule has 0 aromatic rings. The molecule has 1 N–H and O–H groups in total. The number of rotatable bonds is 38. The third-order valence-electron chi connectivity index (χ3n) is 8.45. The summed E-state index contributed by atoms with van der Waals surface area (Å²) in [6, 6.07) is 0. The van der Waals surface area contributed by atoms with Crippen LogP contribution in [0, 0.1) is 0 Å². The molecule has 0 rings (SSSR count). The first-order valence-electron chi connectivity index (χ1n) is 21.3. The Morgan fingerprint density at radius 3 is 1.49 bits per heavy atom. The Bertz CT molecular complexity index is 1150. The molecule has 316 valence electrons. The van der Waals surface area contributed by atoms with Crippen molar-refractivity contribution < 1.29 is 37.3 Å². The van der Waals surface area contributed by atoms with Gasteiger partial charge in [-0.15, -0.1) is 0 Å². The summed E-state index contributed by atoms with van der Waals surface area (Å²) in [6.45, 7) is 5.30. The van der Waals surface area contributed by atoms with Crippen LogP contribution in [0.5, 0.6) is 0 Å². The van der Waals surface area contributed by atoms with E-state index in [2.05, 4.69) is 98.9 Å². The number of hydrogen-bond donors (Lipinski definition) is 1. The standard InChI is InChI=1S/C46H80NO7P/c1-6-8-10-12-14-16-18-20-22-24-25-27-29-31-33-35-37-39-46(48)54-45(44-53-55(49,50)52-42-40-47(3,4)5)43-51-41-38-36-34-32-30-28-26-23-21-19-17-15-13-11-9-7-2/h8-11,14-17,20-23,25,27,45H,6-7,12-13,18-19,24,26,28-44H2,1-5H3/p+1/b10-8-,11-9-,16-14-,17-15-,22-20-,23-21-,27-25-. The molecule has 0 aliphatic rings. The van der Waals surface area contributed by atoms with Gasteiger partial charge in [0.25, 0.3) is 0 Å². The maximum atomic E-state index is 12.7. The first-order valence-corrected chi connectivity index (χ1v) is 22.8. The molecule has 55 heavy (non-hydrogen) atoms. The van der Waals surface area contributed by atoms with Crippen LogP contribution in [0.15, 0.2) is 85.1 Å². The van der Waals surface area contributed by atoms with Gasteiger partial charge in [-0.25, -0.2) is 4.57 Å². The van der Waals surface area contributed by atoms with Crippen LogP contribution in [-0.4, -0.2) is 75.6 Å². The molecule has 8 nitrogen and oxygen atoms in total. The van der Waals surface area contributed by atoms with Gasteiger partial charge in [0.1, 0.15) is 19.3 Å². The van der Waals surface area contributed by atoms with E-state index < -0.39 is 13.9 Å². The van der Waals surface area contributed by atoms with Gasteiger partial charge in [0, 0.05) is 13.0 Å². The molecule has 0 aliphatic carbocycles. The lowest BCUT2D eigenvalue weighted by Gasteiger charge is -2.24. The van der Waals surface area contributed by atoms with Crippen LogP contribution in [0.25, 0.3) is 0 Å². The van der Waals surface area contributed by atoms with E-state index >= 15 is 0 Å². The van der Waals surface area contributed by atoms with Crippen LogP contribution < -0.4 is 0 Å². The Balaban J connectivity index is 4.35. The lowest BCUT2D eigenvalue weighted by atomic mass is 10.1. The predicted octanol–water partition coefficient (Wildman–Crippen LogP) is 12.5. The molecule has 9 heteroatoms. The number of carbonyl (C=O) groups excluding carboxylic acids is 1. The van der Waals surface area contributed by atoms with Gasteiger partial charge in [0.15, 0.2) is 0 Å². The van der Waals surface area contributed by atoms with Crippen molar-refractivity contribution in [3.8, 4) is 0 Å². The van der Waals surface area contributed by atoms with Gasteiger partial charge in [-0.05, 0) is 83.5 Å². The smallest absolute Gasteiger partial charge is 0.457 e. The number of likely N-dealkylation sites (N-methyl/N-ethyl adjacent to an activating group) is 1. The van der Waals surface area contributed by atoms with Gasteiger partial charge in [-0.1, -0.05) is 137 Å². The summed E-state index contributed by atoms with van der Waals surface area (Å²) in [6.07, 6.45) is 50.4. The molecule has 0 saturated carbocycles. The lowest BCUT2D eigenvalue weighted by Crippen LogP contribution is -2.37. The second kappa shape index (κ2) is 38.5. The molecule has 0 heterocycles. The van der Waals surface area contributed by atoms with Crippen LogP contribution in [0.2, 0.25) is 0 Å². The van der Waals surface area contributed by atoms with Crippen molar-refractivity contribution in [2.45, 2.75) is 148 Å². The summed E-state index contributed by atoms with van der Waals surface area (Å²) in [5, 5.41) is 0. The third kappa shape index (κ3) is 42.7. The first-order chi connectivity index (χ1) is 26.6. The van der Waals surface area contributed by atoms with E-state index in [-0.39, 0.29) is 25.8 Å². The number of quaternary nitrogens is 1. The maximum absolute atomic E-state index is 12.7. The number of ether oxygens (including phenoxy) is 2. The van der Waals surface area contributed by atoms with Gasteiger partial charge in [-0.2, -0.15) is 0 Å². The third-order valence-corrected chi connectivity index (χ3v) is 9.44. The highest BCUT2D eigenvalue weighted by atomic mass is 31.2. The summed E-state index contributed by atoms with van der Waals surface area (Å²) >= 11 is 0. The molecule has 0 amide bonds. The molecule has 0 aliphatic heterocycles. The highest BCUT2D eigenvalue weighted by Gasteiger charge is 2.26. The molecule has 0 aromatic carbocycles. The van der Waals surface area contributed by atoms with Gasteiger partial charge in [0.2, 0.25) is 0 Å². The number of phosphoric ester groups is 1. The number of allylic oxidation sites excluding steroid dienone is 14. The molecule has 0 saturated heterocycles. The fourth-order valence-corrected chi connectivity index (χ4v) is 5.94. The minimum atomic E-state index is -4.29. The molecule has 0 radical (unpaired) electrons. The second-order valence-corrected chi connectivity index (χ2v) is 16.4. The van der Waals surface area contributed by atoms with Crippen molar-refractivity contribution in [3.63, 3.8) is 0 Å². The summed E-state index contributed by atoms with van der Waals surface area (Å²) in [4.78, 5) is 22.9. The normalized spacial score (nSPS) is 14.7. The van der Waals surface area contributed by atoms with Crippen LogP contribution in [0.4, 0.5) is 0 Å². The van der Waals surface area contributed by atoms with E-state index in [1.54, 1.807) is 0 Å². The number of carbonyl (C=O) groups is 1. The van der Waals surface area contributed by atoms with Gasteiger partial charge < -0.3 is 18.9 Å². The predicted molar refractivity (Wildman–Crippen MR) is 233 cm³/mol.